The van der Waals surface area contributed by atoms with Crippen LogP contribution in [0.3, 0.4) is 0 Å². The number of hydrogen-bond acceptors (Lipinski definition) is 7. The second-order valence-electron chi connectivity index (χ2n) is 10.2. The van der Waals surface area contributed by atoms with Crippen LogP contribution in [-0.2, 0) is 19.1 Å². The summed E-state index contributed by atoms with van der Waals surface area (Å²) in [5, 5.41) is 2.80. The summed E-state index contributed by atoms with van der Waals surface area (Å²) in [6, 6.07) is 5.34. The molecule has 1 saturated heterocycles. The Kier molecular flexibility index (Phi) is 9.05. The van der Waals surface area contributed by atoms with Gasteiger partial charge in [-0.15, -0.1) is 0 Å². The Morgan fingerprint density at radius 1 is 1.22 bits per heavy atom. The minimum Gasteiger partial charge on any atom is -0.494 e. The van der Waals surface area contributed by atoms with Crippen LogP contribution in [0.4, 0.5) is 5.69 Å². The number of aliphatic imine (C=N–C) groups is 1. The molecular weight excluding hydrogens is 472 g/mol. The molecule has 2 atom stereocenters. The summed E-state index contributed by atoms with van der Waals surface area (Å²) < 4.78 is 11.1. The normalized spacial score (nSPS) is 19.9. The molecule has 2 unspecified atom stereocenters. The van der Waals surface area contributed by atoms with Crippen LogP contribution in [0.15, 0.2) is 23.2 Å². The highest BCUT2D eigenvalue weighted by Gasteiger charge is 2.36. The molecule has 9 heteroatoms. The summed E-state index contributed by atoms with van der Waals surface area (Å²) >= 11 is 0. The number of unbranched alkanes of at least 4 members (excludes halogenated alkanes) is 1. The Morgan fingerprint density at radius 2 is 2.00 bits per heavy atom. The van der Waals surface area contributed by atoms with Gasteiger partial charge in [-0.05, 0) is 50.8 Å². The summed E-state index contributed by atoms with van der Waals surface area (Å²) in [5.41, 5.74) is 1.83. The van der Waals surface area contributed by atoms with Crippen LogP contribution in [0.5, 0.6) is 5.75 Å². The molecule has 2 aliphatic heterocycles. The van der Waals surface area contributed by atoms with E-state index in [1.54, 1.807) is 0 Å². The molecule has 3 aliphatic rings. The number of carbonyl (C=O) groups is 3. The lowest BCUT2D eigenvalue weighted by molar-refractivity contribution is -0.156. The fraction of sp³-hybridized carbons (Fsp3) is 0.643. The number of ether oxygens (including phenoxy) is 2. The van der Waals surface area contributed by atoms with E-state index in [4.69, 9.17) is 9.47 Å². The van der Waals surface area contributed by atoms with Gasteiger partial charge in [0.25, 0.3) is 0 Å². The molecule has 0 bridgehead atoms. The number of rotatable bonds is 11. The Bertz CT molecular complexity index is 1020. The van der Waals surface area contributed by atoms with E-state index in [9.17, 15) is 14.4 Å². The molecule has 9 nitrogen and oxygen atoms in total. The van der Waals surface area contributed by atoms with Gasteiger partial charge in [0, 0.05) is 18.0 Å². The van der Waals surface area contributed by atoms with E-state index in [0.29, 0.717) is 38.4 Å². The molecule has 1 saturated carbocycles. The van der Waals surface area contributed by atoms with E-state index in [-0.39, 0.29) is 29.9 Å². The van der Waals surface area contributed by atoms with Crippen LogP contribution < -0.4 is 10.1 Å². The number of carbonyl (C=O) groups excluding carboxylic acids is 3. The van der Waals surface area contributed by atoms with Crippen molar-refractivity contribution in [3.05, 3.63) is 23.8 Å². The number of methoxy groups -OCH3 is 1. The summed E-state index contributed by atoms with van der Waals surface area (Å²) in [6.45, 7) is 4.83. The Hall–Kier alpha value is -3.10. The molecule has 0 radical (unpaired) electrons. The van der Waals surface area contributed by atoms with Gasteiger partial charge >= 0.3 is 5.97 Å². The highest BCUT2D eigenvalue weighted by molar-refractivity contribution is 6.06. The topological polar surface area (TPSA) is 101 Å². The van der Waals surface area contributed by atoms with E-state index in [1.165, 1.54) is 13.5 Å². The number of hydrogen-bond donors (Lipinski definition) is 1. The Morgan fingerprint density at radius 3 is 2.73 bits per heavy atom. The Labute approximate surface area is 219 Å². The second-order valence-corrected chi connectivity index (χ2v) is 10.2. The maximum atomic E-state index is 13.5. The monoisotopic (exact) mass is 512 g/mol. The first-order valence-electron chi connectivity index (χ1n) is 13.7. The average molecular weight is 513 g/mol. The summed E-state index contributed by atoms with van der Waals surface area (Å²) in [4.78, 5) is 46.3. The molecule has 1 aromatic rings. The smallest absolute Gasteiger partial charge is 0.328 e. The molecule has 2 heterocycles. The highest BCUT2D eigenvalue weighted by atomic mass is 16.5. The lowest BCUT2D eigenvalue weighted by Gasteiger charge is -2.39. The summed E-state index contributed by atoms with van der Waals surface area (Å²) in [5.74, 6) is 0.964. The van der Waals surface area contributed by atoms with Gasteiger partial charge in [0.2, 0.25) is 17.8 Å². The lowest BCUT2D eigenvalue weighted by Crippen LogP contribution is -2.51. The van der Waals surface area contributed by atoms with Crippen molar-refractivity contribution < 1.29 is 23.9 Å². The quantitative estimate of drug-likeness (QED) is 0.352. The van der Waals surface area contributed by atoms with E-state index < -0.39 is 6.04 Å². The van der Waals surface area contributed by atoms with Gasteiger partial charge in [0.1, 0.15) is 18.3 Å². The van der Waals surface area contributed by atoms with Crippen molar-refractivity contribution in [2.45, 2.75) is 96.2 Å². The zero-order valence-corrected chi connectivity index (χ0v) is 22.3. The molecule has 1 aliphatic carbocycles. The van der Waals surface area contributed by atoms with E-state index >= 15 is 0 Å². The van der Waals surface area contributed by atoms with Gasteiger partial charge in [-0.3, -0.25) is 14.9 Å². The van der Waals surface area contributed by atoms with Crippen molar-refractivity contribution in [1.82, 2.24) is 15.1 Å². The maximum Gasteiger partial charge on any atom is 0.328 e. The third-order valence-corrected chi connectivity index (χ3v) is 7.68. The zero-order valence-electron chi connectivity index (χ0n) is 22.3. The minimum atomic E-state index is -0.513. The fourth-order valence-electron chi connectivity index (χ4n) is 5.66. The SMILES string of the molecule is CCCCC(C(=O)OC)N(C(=O)CCCOc1ccc2c(c1)C(C)N1CC(=O)NC1=N2)C1CCCCC1. The van der Waals surface area contributed by atoms with Crippen molar-refractivity contribution in [1.29, 1.82) is 0 Å². The van der Waals surface area contributed by atoms with E-state index in [1.807, 2.05) is 34.9 Å². The standard InChI is InChI=1S/C28H40N4O5/c1-4-5-12-24(27(35)36-3)32(20-10-7-6-8-11-20)26(34)13-9-16-37-21-14-15-23-22(17-21)19(2)31-18-25(33)30-28(31)29-23/h14-15,17,19-20,24H,4-13,16,18H2,1-3H3,(H,29,30,33). The molecule has 4 rings (SSSR count). The van der Waals surface area contributed by atoms with Crippen LogP contribution in [0.1, 0.15) is 89.7 Å². The first-order valence-corrected chi connectivity index (χ1v) is 13.7. The van der Waals surface area contributed by atoms with Crippen LogP contribution in [0.2, 0.25) is 0 Å². The average Bonchev–Trinajstić information content (AvgIpc) is 3.29. The van der Waals surface area contributed by atoms with Crippen LogP contribution in [0.25, 0.3) is 0 Å². The molecule has 202 valence electrons. The molecule has 0 aromatic heterocycles. The molecule has 1 N–H and O–H groups in total. The minimum absolute atomic E-state index is 0.00834. The number of fused-ring (bicyclic) bond motifs is 2. The van der Waals surface area contributed by atoms with Crippen LogP contribution >= 0.6 is 0 Å². The van der Waals surface area contributed by atoms with Gasteiger partial charge in [-0.2, -0.15) is 0 Å². The first kappa shape index (κ1) is 26.9. The first-order chi connectivity index (χ1) is 17.9. The van der Waals surface area contributed by atoms with Crippen molar-refractivity contribution in [3.63, 3.8) is 0 Å². The van der Waals surface area contributed by atoms with Crippen molar-refractivity contribution in [2.24, 2.45) is 4.99 Å². The molecule has 2 amide bonds. The van der Waals surface area contributed by atoms with Gasteiger partial charge < -0.3 is 19.3 Å². The fourth-order valence-corrected chi connectivity index (χ4v) is 5.66. The van der Waals surface area contributed by atoms with Crippen molar-refractivity contribution in [2.75, 3.05) is 20.3 Å². The predicted octanol–water partition coefficient (Wildman–Crippen LogP) is 4.23. The van der Waals surface area contributed by atoms with E-state index in [2.05, 4.69) is 17.2 Å². The molecule has 2 fully saturated rings. The number of nitrogens with zero attached hydrogens (tertiary/aromatic N) is 3. The largest absolute Gasteiger partial charge is 0.494 e. The number of amides is 2. The third-order valence-electron chi connectivity index (χ3n) is 7.68. The van der Waals surface area contributed by atoms with Crippen molar-refractivity contribution in [3.8, 4) is 5.75 Å². The maximum absolute atomic E-state index is 13.5. The zero-order chi connectivity index (χ0) is 26.4. The second kappa shape index (κ2) is 12.4. The van der Waals surface area contributed by atoms with Gasteiger partial charge in [0.05, 0.1) is 25.4 Å². The van der Waals surface area contributed by atoms with Gasteiger partial charge in [0.15, 0.2) is 0 Å². The lowest BCUT2D eigenvalue weighted by atomic mass is 9.91. The van der Waals surface area contributed by atoms with Crippen LogP contribution in [0, 0.1) is 0 Å². The highest BCUT2D eigenvalue weighted by Crippen LogP contribution is 2.37. The summed E-state index contributed by atoms with van der Waals surface area (Å²) in [6.07, 6.45) is 8.60. The molecular formula is C28H40N4O5. The van der Waals surface area contributed by atoms with Gasteiger partial charge in [-0.25, -0.2) is 9.79 Å². The molecule has 1 aromatic carbocycles. The third kappa shape index (κ3) is 6.25. The van der Waals surface area contributed by atoms with Gasteiger partial charge in [-0.1, -0.05) is 39.0 Å². The number of benzene rings is 1. The van der Waals surface area contributed by atoms with Crippen molar-refractivity contribution >= 4 is 29.4 Å². The molecule has 0 spiro atoms. The number of nitrogens with one attached hydrogen (secondary N) is 1. The number of esters is 1. The summed E-state index contributed by atoms with van der Waals surface area (Å²) in [7, 11) is 1.41. The number of guanidine groups is 1. The van der Waals surface area contributed by atoms with Crippen LogP contribution in [-0.4, -0.2) is 65.9 Å². The molecule has 37 heavy (non-hydrogen) atoms. The van der Waals surface area contributed by atoms with E-state index in [0.717, 1.165) is 55.5 Å². The Balaban J connectivity index is 1.36. The predicted molar refractivity (Wildman–Crippen MR) is 141 cm³/mol.